The van der Waals surface area contributed by atoms with E-state index in [9.17, 15) is 4.79 Å². The SMILES string of the molecule is O=C[C@@H](O)[C@H](O)[C@H](O)CO.OC(=S)S. The van der Waals surface area contributed by atoms with Crippen LogP contribution in [0.3, 0.4) is 0 Å². The highest BCUT2D eigenvalue weighted by atomic mass is 32.1. The number of rotatable bonds is 4. The van der Waals surface area contributed by atoms with Crippen LogP contribution >= 0.6 is 24.8 Å². The summed E-state index contributed by atoms with van der Waals surface area (Å²) < 4.78 is -0.306. The topological polar surface area (TPSA) is 118 Å². The van der Waals surface area contributed by atoms with Crippen LogP contribution in [0, 0.1) is 0 Å². The van der Waals surface area contributed by atoms with Gasteiger partial charge in [-0.05, 0) is 12.2 Å². The van der Waals surface area contributed by atoms with Crippen molar-refractivity contribution in [2.45, 2.75) is 18.3 Å². The summed E-state index contributed by atoms with van der Waals surface area (Å²) in [5.41, 5.74) is 0. The van der Waals surface area contributed by atoms with Gasteiger partial charge in [0.25, 0.3) is 0 Å². The molecule has 6 nitrogen and oxygen atoms in total. The third-order valence-corrected chi connectivity index (χ3v) is 1.07. The van der Waals surface area contributed by atoms with E-state index in [-0.39, 0.29) is 10.7 Å². The van der Waals surface area contributed by atoms with Crippen LogP contribution in [-0.4, -0.2) is 61.1 Å². The van der Waals surface area contributed by atoms with Crippen molar-refractivity contribution in [3.63, 3.8) is 0 Å². The number of hydrogen-bond donors (Lipinski definition) is 6. The summed E-state index contributed by atoms with van der Waals surface area (Å²) in [5.74, 6) is 0. The first-order chi connectivity index (χ1) is 6.36. The Hall–Kier alpha value is -0.250. The minimum Gasteiger partial charge on any atom is -0.494 e. The fraction of sp³-hybridized carbons (Fsp3) is 0.667. The zero-order valence-electron chi connectivity index (χ0n) is 7.02. The first-order valence-electron chi connectivity index (χ1n) is 3.39. The van der Waals surface area contributed by atoms with Crippen LogP contribution in [0.15, 0.2) is 0 Å². The molecule has 5 N–H and O–H groups in total. The minimum atomic E-state index is -1.64. The molecule has 0 radical (unpaired) electrons. The predicted molar refractivity (Wildman–Crippen MR) is 55.4 cm³/mol. The first-order valence-corrected chi connectivity index (χ1v) is 4.24. The van der Waals surface area contributed by atoms with Gasteiger partial charge in [-0.3, -0.25) is 0 Å². The van der Waals surface area contributed by atoms with Crippen molar-refractivity contribution >= 4 is 35.5 Å². The van der Waals surface area contributed by atoms with Crippen LogP contribution in [0.25, 0.3) is 0 Å². The molecule has 0 saturated heterocycles. The van der Waals surface area contributed by atoms with Gasteiger partial charge < -0.3 is 30.3 Å². The van der Waals surface area contributed by atoms with Crippen LogP contribution in [0.5, 0.6) is 0 Å². The molecule has 14 heavy (non-hydrogen) atoms. The Morgan fingerprint density at radius 2 is 1.79 bits per heavy atom. The van der Waals surface area contributed by atoms with Crippen molar-refractivity contribution in [1.29, 1.82) is 0 Å². The molecule has 0 aromatic heterocycles. The number of thiol groups is 1. The Bertz CT molecular complexity index is 172. The van der Waals surface area contributed by atoms with E-state index in [2.05, 4.69) is 24.8 Å². The third kappa shape index (κ3) is 9.84. The quantitative estimate of drug-likeness (QED) is 0.193. The molecule has 84 valence electrons. The maximum atomic E-state index is 9.76. The molecule has 0 aliphatic rings. The molecule has 0 heterocycles. The van der Waals surface area contributed by atoms with Crippen LogP contribution in [0.2, 0.25) is 0 Å². The fourth-order valence-corrected chi connectivity index (χ4v) is 0.416. The van der Waals surface area contributed by atoms with E-state index >= 15 is 0 Å². The van der Waals surface area contributed by atoms with E-state index in [1.807, 2.05) is 0 Å². The van der Waals surface area contributed by atoms with Gasteiger partial charge in [0.05, 0.1) is 6.61 Å². The highest BCUT2D eigenvalue weighted by Gasteiger charge is 2.22. The lowest BCUT2D eigenvalue weighted by Gasteiger charge is -2.16. The molecule has 3 atom stereocenters. The zero-order chi connectivity index (χ0) is 11.7. The average Bonchev–Trinajstić information content (AvgIpc) is 2.13. The van der Waals surface area contributed by atoms with Crippen LogP contribution in [0.1, 0.15) is 0 Å². The van der Waals surface area contributed by atoms with Crippen LogP contribution < -0.4 is 0 Å². The second-order valence-electron chi connectivity index (χ2n) is 2.15. The van der Waals surface area contributed by atoms with Crippen molar-refractivity contribution in [2.75, 3.05) is 6.61 Å². The summed E-state index contributed by atoms with van der Waals surface area (Å²) in [6.07, 6.45) is -4.63. The van der Waals surface area contributed by atoms with Gasteiger partial charge in [-0.25, -0.2) is 0 Å². The summed E-state index contributed by atoms with van der Waals surface area (Å²) in [7, 11) is 0. The number of thiocarbonyl (C=S) groups is 1. The highest BCUT2D eigenvalue weighted by Crippen LogP contribution is 1.96. The second-order valence-corrected chi connectivity index (χ2v) is 3.26. The van der Waals surface area contributed by atoms with Gasteiger partial charge in [0.15, 0.2) is 6.29 Å². The van der Waals surface area contributed by atoms with Crippen molar-refractivity contribution in [2.24, 2.45) is 0 Å². The van der Waals surface area contributed by atoms with Crippen LogP contribution in [0.4, 0.5) is 0 Å². The number of aldehydes is 1. The molecule has 0 aromatic carbocycles. The summed E-state index contributed by atoms with van der Waals surface area (Å²) in [6, 6.07) is 0. The van der Waals surface area contributed by atoms with Gasteiger partial charge in [0.1, 0.15) is 18.3 Å². The largest absolute Gasteiger partial charge is 0.494 e. The minimum absolute atomic E-state index is 0.0869. The van der Waals surface area contributed by atoms with Crippen molar-refractivity contribution < 1.29 is 30.3 Å². The second kappa shape index (κ2) is 9.31. The molecular formula is C6H12O6S2. The van der Waals surface area contributed by atoms with Gasteiger partial charge in [-0.1, -0.05) is 12.6 Å². The first kappa shape index (κ1) is 16.2. The molecule has 0 rings (SSSR count). The van der Waals surface area contributed by atoms with Crippen LogP contribution in [-0.2, 0) is 4.79 Å². The molecule has 0 unspecified atom stereocenters. The molecule has 0 aliphatic heterocycles. The van der Waals surface area contributed by atoms with Crippen molar-refractivity contribution in [3.05, 3.63) is 0 Å². The van der Waals surface area contributed by atoms with Gasteiger partial charge in [0.2, 0.25) is 4.38 Å². The van der Waals surface area contributed by atoms with Gasteiger partial charge >= 0.3 is 0 Å². The number of carbonyl (C=O) groups is 1. The molecule has 0 aliphatic carbocycles. The molecule has 0 saturated carbocycles. The zero-order valence-corrected chi connectivity index (χ0v) is 8.73. The summed E-state index contributed by atoms with van der Waals surface area (Å²) >= 11 is 7.21. The van der Waals surface area contributed by atoms with Gasteiger partial charge in [-0.15, -0.1) is 0 Å². The third-order valence-electron chi connectivity index (χ3n) is 1.07. The van der Waals surface area contributed by atoms with E-state index < -0.39 is 24.9 Å². The predicted octanol–water partition coefficient (Wildman–Crippen LogP) is -1.98. The van der Waals surface area contributed by atoms with E-state index in [0.717, 1.165) is 0 Å². The Labute approximate surface area is 91.2 Å². The Kier molecular flexibility index (Phi) is 10.8. The lowest BCUT2D eigenvalue weighted by molar-refractivity contribution is -0.127. The molecule has 0 fully saturated rings. The molecule has 0 bridgehead atoms. The summed E-state index contributed by atoms with van der Waals surface area (Å²) in [5, 5.41) is 41.7. The number of carbonyl (C=O) groups excluding carboxylic acids is 1. The van der Waals surface area contributed by atoms with E-state index in [1.54, 1.807) is 0 Å². The monoisotopic (exact) mass is 244 g/mol. The van der Waals surface area contributed by atoms with Crippen molar-refractivity contribution in [1.82, 2.24) is 0 Å². The smallest absolute Gasteiger partial charge is 0.214 e. The normalized spacial score (nSPS) is 15.8. The van der Waals surface area contributed by atoms with Crippen molar-refractivity contribution in [3.8, 4) is 0 Å². The number of aliphatic hydroxyl groups excluding tert-OH is 5. The lowest BCUT2D eigenvalue weighted by atomic mass is 10.1. The van der Waals surface area contributed by atoms with Gasteiger partial charge in [-0.2, -0.15) is 0 Å². The molecule has 0 amide bonds. The van der Waals surface area contributed by atoms with E-state index in [1.165, 1.54) is 0 Å². The maximum absolute atomic E-state index is 9.76. The summed E-state index contributed by atoms with van der Waals surface area (Å²) in [4.78, 5) is 9.76. The molecule has 8 heteroatoms. The van der Waals surface area contributed by atoms with Gasteiger partial charge in [0, 0.05) is 0 Å². The van der Waals surface area contributed by atoms with E-state index in [0.29, 0.717) is 0 Å². The number of aliphatic hydroxyl groups is 5. The van der Waals surface area contributed by atoms with E-state index in [4.69, 9.17) is 25.5 Å². The highest BCUT2D eigenvalue weighted by molar-refractivity contribution is 8.10. The standard InChI is InChI=1S/C5H10O5.CH2OS2/c6-1-3(8)5(10)4(9)2-7;2-1(3)4/h1,3-5,7-10H,2H2;(H2,2,3,4)/t3-,4-,5+;/m1./s1. The lowest BCUT2D eigenvalue weighted by Crippen LogP contribution is -2.40. The Morgan fingerprint density at radius 1 is 1.43 bits per heavy atom. The molecule has 0 aromatic rings. The summed E-state index contributed by atoms with van der Waals surface area (Å²) in [6.45, 7) is -0.688. The Morgan fingerprint density at radius 3 is 2.00 bits per heavy atom. The maximum Gasteiger partial charge on any atom is 0.214 e. The Balaban J connectivity index is 0. The molecular weight excluding hydrogens is 232 g/mol. The molecule has 0 spiro atoms. The number of hydrogen-bond acceptors (Lipinski definition) is 6. The average molecular weight is 244 g/mol. The fourth-order valence-electron chi connectivity index (χ4n) is 0.416.